The number of rotatable bonds is 4. The first-order valence-electron chi connectivity index (χ1n) is 8.08. The van der Waals surface area contributed by atoms with Gasteiger partial charge < -0.3 is 14.8 Å². The lowest BCUT2D eigenvalue weighted by molar-refractivity contribution is -0.115. The van der Waals surface area contributed by atoms with Crippen LogP contribution in [0.3, 0.4) is 0 Å². The summed E-state index contributed by atoms with van der Waals surface area (Å²) in [5, 5.41) is 5.88. The lowest BCUT2D eigenvalue weighted by Gasteiger charge is -2.18. The van der Waals surface area contributed by atoms with Crippen LogP contribution in [-0.2, 0) is 11.2 Å². The van der Waals surface area contributed by atoms with Crippen LogP contribution in [0, 0.1) is 0 Å². The van der Waals surface area contributed by atoms with E-state index in [-0.39, 0.29) is 12.3 Å². The minimum Gasteiger partial charge on any atom is -0.486 e. The molecule has 26 heavy (non-hydrogen) atoms. The molecule has 0 aliphatic carbocycles. The van der Waals surface area contributed by atoms with Gasteiger partial charge in [0.2, 0.25) is 5.91 Å². The molecule has 0 unspecified atom stereocenters. The molecule has 0 radical (unpaired) electrons. The standard InChI is InChI=1S/C19H15ClN2O3S/c20-14-4-2-1-3-13(14)15-11-26-19(21-15)22-18(23)10-12-5-6-16-17(9-12)25-8-7-24-16/h1-6,9,11H,7-8,10H2,(H,21,22,23). The SMILES string of the molecule is O=C(Cc1ccc2c(c1)OCCO2)Nc1nc(-c2ccccc2Cl)cs1. The Bertz CT molecular complexity index is 957. The molecule has 0 bridgehead atoms. The second-order valence-electron chi connectivity index (χ2n) is 5.72. The highest BCUT2D eigenvalue weighted by Crippen LogP contribution is 2.32. The monoisotopic (exact) mass is 386 g/mol. The first-order chi connectivity index (χ1) is 12.7. The highest BCUT2D eigenvalue weighted by atomic mass is 35.5. The molecule has 2 heterocycles. The van der Waals surface area contributed by atoms with Gasteiger partial charge in [0.1, 0.15) is 13.2 Å². The first kappa shape index (κ1) is 16.9. The van der Waals surface area contributed by atoms with Crippen molar-refractivity contribution in [1.82, 2.24) is 4.98 Å². The van der Waals surface area contributed by atoms with Gasteiger partial charge in [-0.15, -0.1) is 11.3 Å². The van der Waals surface area contributed by atoms with Crippen molar-refractivity contribution in [2.75, 3.05) is 18.5 Å². The Labute approximate surface area is 159 Å². The summed E-state index contributed by atoms with van der Waals surface area (Å²) in [5.41, 5.74) is 2.45. The van der Waals surface area contributed by atoms with Crippen LogP contribution in [0.25, 0.3) is 11.3 Å². The summed E-state index contributed by atoms with van der Waals surface area (Å²) in [6.45, 7) is 1.07. The maximum atomic E-state index is 12.3. The number of nitrogens with one attached hydrogen (secondary N) is 1. The number of hydrogen-bond acceptors (Lipinski definition) is 5. The van der Waals surface area contributed by atoms with Gasteiger partial charge in [0.25, 0.3) is 0 Å². The van der Waals surface area contributed by atoms with Gasteiger partial charge in [0.15, 0.2) is 16.6 Å². The zero-order valence-corrected chi connectivity index (χ0v) is 15.3. The third-order valence-electron chi connectivity index (χ3n) is 3.87. The number of thiazole rings is 1. The van der Waals surface area contributed by atoms with Gasteiger partial charge in [-0.05, 0) is 23.8 Å². The third-order valence-corrected chi connectivity index (χ3v) is 4.96. The van der Waals surface area contributed by atoms with Gasteiger partial charge >= 0.3 is 0 Å². The van der Waals surface area contributed by atoms with Gasteiger partial charge in [-0.1, -0.05) is 35.9 Å². The fourth-order valence-electron chi connectivity index (χ4n) is 2.67. The second-order valence-corrected chi connectivity index (χ2v) is 6.99. The zero-order valence-electron chi connectivity index (χ0n) is 13.7. The van der Waals surface area contributed by atoms with Gasteiger partial charge in [-0.3, -0.25) is 4.79 Å². The molecule has 132 valence electrons. The number of halogens is 1. The van der Waals surface area contributed by atoms with E-state index in [9.17, 15) is 4.79 Å². The number of aromatic nitrogens is 1. The van der Waals surface area contributed by atoms with Crippen LogP contribution in [0.1, 0.15) is 5.56 Å². The van der Waals surface area contributed by atoms with E-state index < -0.39 is 0 Å². The number of carbonyl (C=O) groups excluding carboxylic acids is 1. The Morgan fingerprint density at radius 3 is 2.81 bits per heavy atom. The van der Waals surface area contributed by atoms with E-state index in [1.165, 1.54) is 11.3 Å². The number of hydrogen-bond donors (Lipinski definition) is 1. The molecule has 0 saturated carbocycles. The lowest BCUT2D eigenvalue weighted by atomic mass is 10.1. The predicted octanol–water partition coefficient (Wildman–Crippen LogP) is 4.42. The zero-order chi connectivity index (χ0) is 17.9. The molecule has 3 aromatic rings. The number of amides is 1. The van der Waals surface area contributed by atoms with Crippen LogP contribution in [0.2, 0.25) is 5.02 Å². The number of ether oxygens (including phenoxy) is 2. The molecule has 1 aliphatic heterocycles. The van der Waals surface area contributed by atoms with E-state index in [2.05, 4.69) is 10.3 Å². The lowest BCUT2D eigenvalue weighted by Crippen LogP contribution is -2.17. The Kier molecular flexibility index (Phi) is 4.77. The minimum absolute atomic E-state index is 0.137. The smallest absolute Gasteiger partial charge is 0.230 e. The van der Waals surface area contributed by atoms with Crippen molar-refractivity contribution in [3.05, 3.63) is 58.4 Å². The first-order valence-corrected chi connectivity index (χ1v) is 9.33. The van der Waals surface area contributed by atoms with Crippen molar-refractivity contribution in [3.8, 4) is 22.8 Å². The van der Waals surface area contributed by atoms with Crippen LogP contribution >= 0.6 is 22.9 Å². The van der Waals surface area contributed by atoms with E-state index in [4.69, 9.17) is 21.1 Å². The van der Waals surface area contributed by atoms with E-state index in [0.717, 1.165) is 16.8 Å². The van der Waals surface area contributed by atoms with Crippen LogP contribution in [0.4, 0.5) is 5.13 Å². The van der Waals surface area contributed by atoms with Crippen LogP contribution in [-0.4, -0.2) is 24.1 Å². The molecular formula is C19H15ClN2O3S. The highest BCUT2D eigenvalue weighted by Gasteiger charge is 2.14. The quantitative estimate of drug-likeness (QED) is 0.721. The molecule has 0 atom stereocenters. The summed E-state index contributed by atoms with van der Waals surface area (Å²) in [7, 11) is 0. The molecule has 2 aromatic carbocycles. The number of nitrogens with zero attached hydrogens (tertiary/aromatic N) is 1. The van der Waals surface area contributed by atoms with Crippen molar-refractivity contribution < 1.29 is 14.3 Å². The molecule has 1 N–H and O–H groups in total. The van der Waals surface area contributed by atoms with Crippen molar-refractivity contribution in [2.24, 2.45) is 0 Å². The second kappa shape index (κ2) is 7.35. The molecular weight excluding hydrogens is 372 g/mol. The van der Waals surface area contributed by atoms with Crippen molar-refractivity contribution in [2.45, 2.75) is 6.42 Å². The summed E-state index contributed by atoms with van der Waals surface area (Å²) in [5.74, 6) is 1.25. The predicted molar refractivity (Wildman–Crippen MR) is 102 cm³/mol. The van der Waals surface area contributed by atoms with Crippen molar-refractivity contribution in [1.29, 1.82) is 0 Å². The summed E-state index contributed by atoms with van der Waals surface area (Å²) >= 11 is 7.56. The van der Waals surface area contributed by atoms with Gasteiger partial charge in [-0.2, -0.15) is 0 Å². The maximum absolute atomic E-state index is 12.3. The van der Waals surface area contributed by atoms with E-state index in [1.807, 2.05) is 47.8 Å². The van der Waals surface area contributed by atoms with Gasteiger partial charge in [0.05, 0.1) is 12.1 Å². The Morgan fingerprint density at radius 2 is 1.96 bits per heavy atom. The average Bonchev–Trinajstić information content (AvgIpc) is 3.10. The van der Waals surface area contributed by atoms with Crippen molar-refractivity contribution in [3.63, 3.8) is 0 Å². The average molecular weight is 387 g/mol. The largest absolute Gasteiger partial charge is 0.486 e. The molecule has 0 spiro atoms. The normalized spacial score (nSPS) is 12.7. The van der Waals surface area contributed by atoms with Gasteiger partial charge in [0, 0.05) is 16.0 Å². The Morgan fingerprint density at radius 1 is 1.15 bits per heavy atom. The fourth-order valence-corrected chi connectivity index (χ4v) is 3.63. The molecule has 1 aliphatic rings. The number of benzene rings is 2. The molecule has 1 amide bonds. The van der Waals surface area contributed by atoms with Crippen LogP contribution < -0.4 is 14.8 Å². The number of anilines is 1. The van der Waals surface area contributed by atoms with Crippen LogP contribution in [0.15, 0.2) is 47.8 Å². The maximum Gasteiger partial charge on any atom is 0.230 e. The molecule has 5 nitrogen and oxygen atoms in total. The number of fused-ring (bicyclic) bond motifs is 1. The van der Waals surface area contributed by atoms with E-state index in [0.29, 0.717) is 34.9 Å². The topological polar surface area (TPSA) is 60.5 Å². The minimum atomic E-state index is -0.137. The molecule has 4 rings (SSSR count). The van der Waals surface area contributed by atoms with Gasteiger partial charge in [-0.25, -0.2) is 4.98 Å². The summed E-state index contributed by atoms with van der Waals surface area (Å²) in [6.07, 6.45) is 0.234. The number of carbonyl (C=O) groups is 1. The van der Waals surface area contributed by atoms with Crippen LogP contribution in [0.5, 0.6) is 11.5 Å². The Hall–Kier alpha value is -2.57. The third kappa shape index (κ3) is 3.66. The summed E-state index contributed by atoms with van der Waals surface area (Å²) in [6, 6.07) is 13.0. The van der Waals surface area contributed by atoms with Crippen molar-refractivity contribution >= 4 is 34.0 Å². The highest BCUT2D eigenvalue weighted by molar-refractivity contribution is 7.14. The Balaban J connectivity index is 1.43. The molecule has 0 fully saturated rings. The summed E-state index contributed by atoms with van der Waals surface area (Å²) in [4.78, 5) is 16.8. The van der Waals surface area contributed by atoms with E-state index in [1.54, 1.807) is 0 Å². The molecule has 0 saturated heterocycles. The van der Waals surface area contributed by atoms with E-state index >= 15 is 0 Å². The molecule has 7 heteroatoms. The molecule has 1 aromatic heterocycles. The fraction of sp³-hybridized carbons (Fsp3) is 0.158. The summed E-state index contributed by atoms with van der Waals surface area (Å²) < 4.78 is 11.0.